The maximum absolute atomic E-state index is 12.3. The van der Waals surface area contributed by atoms with E-state index in [2.05, 4.69) is 20.1 Å². The van der Waals surface area contributed by atoms with Gasteiger partial charge in [-0.3, -0.25) is 10.1 Å². The normalized spacial score (nSPS) is 10.5. The number of rotatable bonds is 3. The average Bonchev–Trinajstić information content (AvgIpc) is 2.98. The third-order valence-electron chi connectivity index (χ3n) is 2.90. The molecule has 0 aliphatic rings. The standard InChI is InChI=1S/C13H8N4O3S/c18-11(14-13-15-16-17-21-13)8-5-1-3-7-4-2-6-9(10(7)8)12(19)20/h1-6H,(H,19,20)(H,14,15,17,18). The number of amides is 1. The van der Waals surface area contributed by atoms with E-state index in [1.54, 1.807) is 30.3 Å². The number of nitrogens with zero attached hydrogens (tertiary/aromatic N) is 3. The molecule has 3 aromatic rings. The molecule has 0 spiro atoms. The molecule has 1 amide bonds. The SMILES string of the molecule is O=C(O)c1cccc2cccc(C(=O)Nc3nnns3)c12. The minimum absolute atomic E-state index is 0.0774. The van der Waals surface area contributed by atoms with Gasteiger partial charge in [-0.1, -0.05) is 33.9 Å². The quantitative estimate of drug-likeness (QED) is 0.766. The van der Waals surface area contributed by atoms with Gasteiger partial charge in [0.25, 0.3) is 5.91 Å². The zero-order valence-electron chi connectivity index (χ0n) is 10.5. The summed E-state index contributed by atoms with van der Waals surface area (Å²) in [6.07, 6.45) is 0. The Balaban J connectivity index is 2.13. The van der Waals surface area contributed by atoms with Crippen molar-refractivity contribution in [3.05, 3.63) is 47.5 Å². The Morgan fingerprint density at radius 3 is 2.43 bits per heavy atom. The predicted molar refractivity (Wildman–Crippen MR) is 76.6 cm³/mol. The molecule has 0 bridgehead atoms. The fourth-order valence-electron chi connectivity index (χ4n) is 2.05. The Labute approximate surface area is 122 Å². The van der Waals surface area contributed by atoms with E-state index in [0.29, 0.717) is 10.8 Å². The Hall–Kier alpha value is -2.87. The predicted octanol–water partition coefficient (Wildman–Crippen LogP) is 2.04. The Bertz CT molecular complexity index is 827. The summed E-state index contributed by atoms with van der Waals surface area (Å²) in [6, 6.07) is 9.88. The van der Waals surface area contributed by atoms with Crippen molar-refractivity contribution in [2.45, 2.75) is 0 Å². The van der Waals surface area contributed by atoms with Crippen molar-refractivity contribution in [1.29, 1.82) is 0 Å². The highest BCUT2D eigenvalue weighted by Gasteiger charge is 2.17. The Morgan fingerprint density at radius 2 is 1.81 bits per heavy atom. The number of carbonyl (C=O) groups is 2. The van der Waals surface area contributed by atoms with Crippen LogP contribution in [0.4, 0.5) is 5.13 Å². The van der Waals surface area contributed by atoms with E-state index in [0.717, 1.165) is 11.5 Å². The first-order valence-corrected chi connectivity index (χ1v) is 6.65. The van der Waals surface area contributed by atoms with Crippen LogP contribution in [0.5, 0.6) is 0 Å². The van der Waals surface area contributed by atoms with Crippen LogP contribution in [0.25, 0.3) is 10.8 Å². The smallest absolute Gasteiger partial charge is 0.336 e. The lowest BCUT2D eigenvalue weighted by Gasteiger charge is -2.08. The molecule has 1 heterocycles. The lowest BCUT2D eigenvalue weighted by Crippen LogP contribution is -2.13. The number of aromatic carboxylic acids is 1. The molecule has 0 aliphatic heterocycles. The molecule has 2 aromatic carbocycles. The summed E-state index contributed by atoms with van der Waals surface area (Å²) in [5.41, 5.74) is 0.342. The van der Waals surface area contributed by atoms with Crippen LogP contribution in [0, 0.1) is 0 Å². The molecule has 0 atom stereocenters. The summed E-state index contributed by atoms with van der Waals surface area (Å²) in [7, 11) is 0. The molecule has 0 unspecified atom stereocenters. The van der Waals surface area contributed by atoms with E-state index in [-0.39, 0.29) is 16.3 Å². The van der Waals surface area contributed by atoms with E-state index in [9.17, 15) is 14.7 Å². The Morgan fingerprint density at radius 1 is 1.10 bits per heavy atom. The van der Waals surface area contributed by atoms with Crippen LogP contribution in [0.2, 0.25) is 0 Å². The van der Waals surface area contributed by atoms with Gasteiger partial charge in [-0.25, -0.2) is 4.79 Å². The molecule has 1 aromatic heterocycles. The van der Waals surface area contributed by atoms with E-state index in [4.69, 9.17) is 0 Å². The lowest BCUT2D eigenvalue weighted by molar-refractivity contribution is 0.0699. The van der Waals surface area contributed by atoms with Gasteiger partial charge >= 0.3 is 5.97 Å². The third kappa shape index (κ3) is 2.43. The second-order valence-electron chi connectivity index (χ2n) is 4.14. The molecule has 21 heavy (non-hydrogen) atoms. The maximum Gasteiger partial charge on any atom is 0.336 e. The highest BCUT2D eigenvalue weighted by atomic mass is 32.1. The van der Waals surface area contributed by atoms with Gasteiger partial charge in [0, 0.05) is 22.5 Å². The summed E-state index contributed by atoms with van der Waals surface area (Å²) >= 11 is 0.941. The van der Waals surface area contributed by atoms with Crippen molar-refractivity contribution in [1.82, 2.24) is 14.8 Å². The molecule has 0 radical (unpaired) electrons. The summed E-state index contributed by atoms with van der Waals surface area (Å²) < 4.78 is 3.55. The van der Waals surface area contributed by atoms with Crippen molar-refractivity contribution < 1.29 is 14.7 Å². The molecule has 0 fully saturated rings. The first kappa shape index (κ1) is 13.1. The monoisotopic (exact) mass is 300 g/mol. The van der Waals surface area contributed by atoms with Crippen LogP contribution < -0.4 is 5.32 Å². The molecule has 7 nitrogen and oxygen atoms in total. The molecule has 0 saturated heterocycles. The number of anilines is 1. The number of carboxylic acids is 1. The number of aromatic nitrogens is 3. The van der Waals surface area contributed by atoms with Gasteiger partial charge in [-0.05, 0) is 22.7 Å². The number of hydrogen-bond acceptors (Lipinski definition) is 6. The van der Waals surface area contributed by atoms with Gasteiger partial charge < -0.3 is 5.11 Å². The second-order valence-corrected chi connectivity index (χ2v) is 4.87. The van der Waals surface area contributed by atoms with Crippen molar-refractivity contribution >= 4 is 39.3 Å². The molecular weight excluding hydrogens is 292 g/mol. The zero-order chi connectivity index (χ0) is 14.8. The van der Waals surface area contributed by atoms with Gasteiger partial charge in [-0.15, -0.1) is 0 Å². The number of hydrogen-bond donors (Lipinski definition) is 2. The fourth-order valence-corrected chi connectivity index (χ4v) is 2.42. The van der Waals surface area contributed by atoms with Crippen LogP contribution in [0.15, 0.2) is 36.4 Å². The molecule has 0 aliphatic carbocycles. The van der Waals surface area contributed by atoms with Crippen molar-refractivity contribution in [3.8, 4) is 0 Å². The number of benzene rings is 2. The molecule has 2 N–H and O–H groups in total. The van der Waals surface area contributed by atoms with Crippen LogP contribution in [0.1, 0.15) is 20.7 Å². The number of nitrogens with one attached hydrogen (secondary N) is 1. The van der Waals surface area contributed by atoms with Crippen LogP contribution in [0.3, 0.4) is 0 Å². The van der Waals surface area contributed by atoms with Gasteiger partial charge in [-0.2, -0.15) is 0 Å². The summed E-state index contributed by atoms with van der Waals surface area (Å²) in [5, 5.41) is 20.2. The molecule has 3 rings (SSSR count). The number of carboxylic acid groups (broad SMARTS) is 1. The molecule has 8 heteroatoms. The van der Waals surface area contributed by atoms with Crippen molar-refractivity contribution in [3.63, 3.8) is 0 Å². The van der Waals surface area contributed by atoms with Crippen LogP contribution in [-0.4, -0.2) is 31.8 Å². The van der Waals surface area contributed by atoms with E-state index < -0.39 is 11.9 Å². The highest BCUT2D eigenvalue weighted by molar-refractivity contribution is 7.09. The Kier molecular flexibility index (Phi) is 3.28. The minimum Gasteiger partial charge on any atom is -0.478 e. The average molecular weight is 300 g/mol. The number of carbonyl (C=O) groups excluding carboxylic acids is 1. The number of fused-ring (bicyclic) bond motifs is 1. The lowest BCUT2D eigenvalue weighted by atomic mass is 9.99. The van der Waals surface area contributed by atoms with Crippen molar-refractivity contribution in [2.75, 3.05) is 5.32 Å². The first-order valence-electron chi connectivity index (χ1n) is 5.88. The van der Waals surface area contributed by atoms with Gasteiger partial charge in [0.05, 0.1) is 5.56 Å². The summed E-state index contributed by atoms with van der Waals surface area (Å²) in [4.78, 5) is 23.7. The third-order valence-corrected chi connectivity index (χ3v) is 3.41. The van der Waals surface area contributed by atoms with Gasteiger partial charge in [0.2, 0.25) is 5.13 Å². The van der Waals surface area contributed by atoms with E-state index in [1.807, 2.05) is 0 Å². The second kappa shape index (κ2) is 5.25. The molecular formula is C13H8N4O3S. The van der Waals surface area contributed by atoms with Crippen molar-refractivity contribution in [2.24, 2.45) is 0 Å². The van der Waals surface area contributed by atoms with Crippen LogP contribution >= 0.6 is 11.5 Å². The molecule has 104 valence electrons. The van der Waals surface area contributed by atoms with E-state index >= 15 is 0 Å². The molecule has 0 saturated carbocycles. The van der Waals surface area contributed by atoms with Crippen LogP contribution in [-0.2, 0) is 0 Å². The zero-order valence-corrected chi connectivity index (χ0v) is 11.3. The van der Waals surface area contributed by atoms with E-state index in [1.165, 1.54) is 6.07 Å². The highest BCUT2D eigenvalue weighted by Crippen LogP contribution is 2.24. The summed E-state index contributed by atoms with van der Waals surface area (Å²) in [5.74, 6) is -1.54. The first-order chi connectivity index (χ1) is 10.2. The fraction of sp³-hybridized carbons (Fsp3) is 0. The maximum atomic E-state index is 12.3. The van der Waals surface area contributed by atoms with Gasteiger partial charge in [0.1, 0.15) is 0 Å². The largest absolute Gasteiger partial charge is 0.478 e. The minimum atomic E-state index is -1.08. The van der Waals surface area contributed by atoms with Gasteiger partial charge in [0.15, 0.2) is 0 Å². The summed E-state index contributed by atoms with van der Waals surface area (Å²) in [6.45, 7) is 0. The topological polar surface area (TPSA) is 105 Å².